The molecule has 104 valence electrons. The van der Waals surface area contributed by atoms with Crippen molar-refractivity contribution in [2.75, 3.05) is 20.1 Å². The molecule has 1 aromatic carbocycles. The first kappa shape index (κ1) is 13.3. The van der Waals surface area contributed by atoms with E-state index in [2.05, 4.69) is 24.1 Å². The monoisotopic (exact) mass is 270 g/mol. The molecule has 1 fully saturated rings. The normalized spacial score (nSPS) is 20.0. The van der Waals surface area contributed by atoms with Gasteiger partial charge in [0.25, 0.3) is 0 Å². The van der Waals surface area contributed by atoms with Crippen LogP contribution in [0.1, 0.15) is 24.5 Å². The van der Waals surface area contributed by atoms with E-state index in [9.17, 15) is 4.39 Å². The van der Waals surface area contributed by atoms with E-state index in [1.807, 2.05) is 6.07 Å². The van der Waals surface area contributed by atoms with Crippen LogP contribution < -0.4 is 0 Å². The molecule has 0 radical (unpaired) electrons. The van der Waals surface area contributed by atoms with Crippen LogP contribution in [0, 0.1) is 5.82 Å². The summed E-state index contributed by atoms with van der Waals surface area (Å²) < 4.78 is 13.0. The largest absolute Gasteiger partial charge is 0.306 e. The first-order valence-corrected chi connectivity index (χ1v) is 7.14. The molecular weight excluding hydrogens is 251 g/mol. The SMILES string of the molecule is CN1CCCC(c2cccc(-c3ccc(F)cc3)n2)C1. The van der Waals surface area contributed by atoms with E-state index in [1.54, 1.807) is 12.1 Å². The van der Waals surface area contributed by atoms with Gasteiger partial charge >= 0.3 is 0 Å². The average Bonchev–Trinajstić information content (AvgIpc) is 2.48. The smallest absolute Gasteiger partial charge is 0.123 e. The molecule has 0 amide bonds. The van der Waals surface area contributed by atoms with Crippen LogP contribution in [-0.2, 0) is 0 Å². The average molecular weight is 270 g/mol. The third kappa shape index (κ3) is 2.88. The number of nitrogens with zero attached hydrogens (tertiary/aromatic N) is 2. The molecule has 1 saturated heterocycles. The van der Waals surface area contributed by atoms with Gasteiger partial charge in [-0.15, -0.1) is 0 Å². The summed E-state index contributed by atoms with van der Waals surface area (Å²) in [5, 5.41) is 0. The zero-order valence-corrected chi connectivity index (χ0v) is 11.7. The number of pyridine rings is 1. The van der Waals surface area contributed by atoms with E-state index < -0.39 is 0 Å². The molecule has 2 nitrogen and oxygen atoms in total. The van der Waals surface area contributed by atoms with Crippen molar-refractivity contribution in [3.8, 4) is 11.3 Å². The van der Waals surface area contributed by atoms with Gasteiger partial charge in [0.1, 0.15) is 5.82 Å². The van der Waals surface area contributed by atoms with Crippen molar-refractivity contribution in [1.29, 1.82) is 0 Å². The molecule has 1 atom stereocenters. The number of rotatable bonds is 2. The molecule has 3 heteroatoms. The molecule has 20 heavy (non-hydrogen) atoms. The fourth-order valence-corrected chi connectivity index (χ4v) is 2.87. The Kier molecular flexibility index (Phi) is 3.79. The summed E-state index contributed by atoms with van der Waals surface area (Å²) in [5.41, 5.74) is 3.05. The Morgan fingerprint density at radius 1 is 1.15 bits per heavy atom. The molecule has 0 saturated carbocycles. The van der Waals surface area contributed by atoms with Crippen LogP contribution in [0.25, 0.3) is 11.3 Å². The number of hydrogen-bond acceptors (Lipinski definition) is 2. The number of hydrogen-bond donors (Lipinski definition) is 0. The number of halogens is 1. The summed E-state index contributed by atoms with van der Waals surface area (Å²) in [4.78, 5) is 7.14. The molecule has 1 unspecified atom stereocenters. The summed E-state index contributed by atoms with van der Waals surface area (Å²) in [6.07, 6.45) is 2.42. The Morgan fingerprint density at radius 2 is 1.95 bits per heavy atom. The van der Waals surface area contributed by atoms with Gasteiger partial charge in [-0.25, -0.2) is 4.39 Å². The standard InChI is InChI=1S/C17H19FN2/c1-20-11-3-4-14(12-20)17-6-2-5-16(19-17)13-7-9-15(18)10-8-13/h2,5-10,14H,3-4,11-12H2,1H3. The zero-order chi connectivity index (χ0) is 13.9. The topological polar surface area (TPSA) is 16.1 Å². The second-order valence-electron chi connectivity index (χ2n) is 5.56. The Morgan fingerprint density at radius 3 is 2.70 bits per heavy atom. The summed E-state index contributed by atoms with van der Waals surface area (Å²) in [7, 11) is 2.16. The Hall–Kier alpha value is -1.74. The molecule has 2 heterocycles. The molecule has 0 bridgehead atoms. The van der Waals surface area contributed by atoms with Gasteiger partial charge in [0.2, 0.25) is 0 Å². The molecular formula is C17H19FN2. The van der Waals surface area contributed by atoms with Crippen LogP contribution in [-0.4, -0.2) is 30.0 Å². The fourth-order valence-electron chi connectivity index (χ4n) is 2.87. The van der Waals surface area contributed by atoms with Crippen LogP contribution in [0.5, 0.6) is 0 Å². The van der Waals surface area contributed by atoms with Gasteiger partial charge in [-0.2, -0.15) is 0 Å². The van der Waals surface area contributed by atoms with Crippen molar-refractivity contribution in [2.24, 2.45) is 0 Å². The van der Waals surface area contributed by atoms with Crippen molar-refractivity contribution >= 4 is 0 Å². The number of aromatic nitrogens is 1. The highest BCUT2D eigenvalue weighted by atomic mass is 19.1. The second-order valence-corrected chi connectivity index (χ2v) is 5.56. The van der Waals surface area contributed by atoms with Crippen molar-refractivity contribution in [1.82, 2.24) is 9.88 Å². The van der Waals surface area contributed by atoms with Gasteiger partial charge in [0.15, 0.2) is 0 Å². The number of piperidine rings is 1. The highest BCUT2D eigenvalue weighted by Gasteiger charge is 2.20. The zero-order valence-electron chi connectivity index (χ0n) is 11.7. The Bertz CT molecular complexity index is 580. The lowest BCUT2D eigenvalue weighted by Gasteiger charge is -2.29. The van der Waals surface area contributed by atoms with Crippen LogP contribution in [0.15, 0.2) is 42.5 Å². The van der Waals surface area contributed by atoms with E-state index in [-0.39, 0.29) is 5.82 Å². The lowest BCUT2D eigenvalue weighted by Crippen LogP contribution is -2.31. The number of benzene rings is 1. The van der Waals surface area contributed by atoms with Crippen molar-refractivity contribution < 1.29 is 4.39 Å². The quantitative estimate of drug-likeness (QED) is 0.827. The maximum atomic E-state index is 13.0. The van der Waals surface area contributed by atoms with Gasteiger partial charge in [-0.05, 0) is 62.8 Å². The van der Waals surface area contributed by atoms with E-state index in [1.165, 1.54) is 31.5 Å². The molecule has 0 spiro atoms. The van der Waals surface area contributed by atoms with E-state index in [0.717, 1.165) is 23.5 Å². The predicted molar refractivity (Wildman–Crippen MR) is 79.1 cm³/mol. The summed E-state index contributed by atoms with van der Waals surface area (Å²) in [6, 6.07) is 12.7. The van der Waals surface area contributed by atoms with E-state index in [0.29, 0.717) is 5.92 Å². The number of likely N-dealkylation sites (tertiary alicyclic amines) is 1. The lowest BCUT2D eigenvalue weighted by atomic mass is 9.94. The minimum atomic E-state index is -0.209. The fraction of sp³-hybridized carbons (Fsp3) is 0.353. The van der Waals surface area contributed by atoms with Crippen molar-refractivity contribution in [2.45, 2.75) is 18.8 Å². The second kappa shape index (κ2) is 5.71. The molecule has 0 N–H and O–H groups in total. The van der Waals surface area contributed by atoms with Gasteiger partial charge in [-0.3, -0.25) is 4.98 Å². The lowest BCUT2D eigenvalue weighted by molar-refractivity contribution is 0.248. The molecule has 1 aliphatic rings. The highest BCUT2D eigenvalue weighted by Crippen LogP contribution is 2.27. The summed E-state index contributed by atoms with van der Waals surface area (Å²) in [6.45, 7) is 2.24. The molecule has 2 aromatic rings. The minimum absolute atomic E-state index is 0.209. The third-order valence-corrected chi connectivity index (χ3v) is 3.95. The van der Waals surface area contributed by atoms with Crippen LogP contribution in [0.2, 0.25) is 0 Å². The molecule has 3 rings (SSSR count). The van der Waals surface area contributed by atoms with Crippen LogP contribution in [0.4, 0.5) is 4.39 Å². The molecule has 1 aliphatic heterocycles. The van der Waals surface area contributed by atoms with Gasteiger partial charge in [-0.1, -0.05) is 6.07 Å². The van der Waals surface area contributed by atoms with Gasteiger partial charge < -0.3 is 4.90 Å². The molecule has 1 aromatic heterocycles. The van der Waals surface area contributed by atoms with Crippen LogP contribution >= 0.6 is 0 Å². The van der Waals surface area contributed by atoms with E-state index in [4.69, 9.17) is 4.98 Å². The van der Waals surface area contributed by atoms with E-state index >= 15 is 0 Å². The van der Waals surface area contributed by atoms with Gasteiger partial charge in [0.05, 0.1) is 5.69 Å². The summed E-state index contributed by atoms with van der Waals surface area (Å²) in [5.74, 6) is 0.299. The minimum Gasteiger partial charge on any atom is -0.306 e. The predicted octanol–water partition coefficient (Wildman–Crippen LogP) is 3.70. The molecule has 0 aliphatic carbocycles. The Labute approximate surface area is 119 Å². The number of likely N-dealkylation sites (N-methyl/N-ethyl adjacent to an activating group) is 1. The maximum absolute atomic E-state index is 13.0. The van der Waals surface area contributed by atoms with Gasteiger partial charge in [0, 0.05) is 23.7 Å². The highest BCUT2D eigenvalue weighted by molar-refractivity contribution is 5.59. The summed E-state index contributed by atoms with van der Waals surface area (Å²) >= 11 is 0. The first-order valence-electron chi connectivity index (χ1n) is 7.14. The van der Waals surface area contributed by atoms with Crippen molar-refractivity contribution in [3.63, 3.8) is 0 Å². The first-order chi connectivity index (χ1) is 9.72. The maximum Gasteiger partial charge on any atom is 0.123 e. The Balaban J connectivity index is 1.87. The van der Waals surface area contributed by atoms with Crippen LogP contribution in [0.3, 0.4) is 0 Å². The third-order valence-electron chi connectivity index (χ3n) is 3.95. The van der Waals surface area contributed by atoms with Crippen molar-refractivity contribution in [3.05, 3.63) is 54.0 Å².